The third-order valence-electron chi connectivity index (χ3n) is 6.84. The molecule has 2 aliphatic carbocycles. The Labute approximate surface area is 219 Å². The third kappa shape index (κ3) is 4.84. The van der Waals surface area contributed by atoms with Gasteiger partial charge in [-0.2, -0.15) is 0 Å². The Kier molecular flexibility index (Phi) is 6.52. The van der Waals surface area contributed by atoms with Gasteiger partial charge in [0.15, 0.2) is 5.75 Å². The molecule has 196 valence electrons. The Morgan fingerprint density at radius 3 is 2.51 bits per heavy atom. The molecule has 0 saturated heterocycles. The van der Waals surface area contributed by atoms with Gasteiger partial charge in [-0.3, -0.25) is 4.79 Å². The molecule has 9 heteroatoms. The lowest BCUT2D eigenvalue weighted by molar-refractivity contribution is 0.0498. The van der Waals surface area contributed by atoms with Crippen molar-refractivity contribution in [3.05, 3.63) is 50.1 Å². The average Bonchev–Trinajstić information content (AvgIpc) is 3.60. The highest BCUT2D eigenvalue weighted by Gasteiger charge is 2.33. The molecule has 2 heterocycles. The van der Waals surface area contributed by atoms with E-state index >= 15 is 0 Å². The lowest BCUT2D eigenvalue weighted by Crippen LogP contribution is -2.35. The zero-order valence-electron chi connectivity index (χ0n) is 21.8. The highest BCUT2D eigenvalue weighted by atomic mass is 32.1. The number of aromatic amines is 1. The third-order valence-corrected chi connectivity index (χ3v) is 8.07. The normalized spacial score (nSPS) is 17.3. The van der Waals surface area contributed by atoms with Crippen molar-refractivity contribution in [3.8, 4) is 16.2 Å². The van der Waals surface area contributed by atoms with Gasteiger partial charge in [0.05, 0.1) is 31.2 Å². The number of methoxy groups -OCH3 is 2. The Morgan fingerprint density at radius 2 is 1.86 bits per heavy atom. The van der Waals surface area contributed by atoms with E-state index in [2.05, 4.69) is 16.4 Å². The van der Waals surface area contributed by atoms with Crippen molar-refractivity contribution in [2.24, 2.45) is 0 Å². The summed E-state index contributed by atoms with van der Waals surface area (Å²) in [6.07, 6.45) is 5.80. The Hall–Kier alpha value is -3.33. The first-order valence-corrected chi connectivity index (χ1v) is 13.4. The van der Waals surface area contributed by atoms with Gasteiger partial charge in [0.25, 0.3) is 0 Å². The number of pyridine rings is 1. The number of carbonyl (C=O) groups is 2. The smallest absolute Gasteiger partial charge is 0.408 e. The molecule has 0 bridgehead atoms. The molecule has 2 aliphatic rings. The quantitative estimate of drug-likeness (QED) is 0.407. The molecular weight excluding hydrogens is 492 g/mol. The molecule has 0 spiro atoms. The van der Waals surface area contributed by atoms with Crippen LogP contribution >= 0.6 is 11.3 Å². The fourth-order valence-corrected chi connectivity index (χ4v) is 6.40. The summed E-state index contributed by atoms with van der Waals surface area (Å²) in [6.45, 7) is 5.56. The van der Waals surface area contributed by atoms with E-state index in [1.807, 2.05) is 26.8 Å². The van der Waals surface area contributed by atoms with Crippen LogP contribution in [0.2, 0.25) is 0 Å². The van der Waals surface area contributed by atoms with Gasteiger partial charge in [-0.25, -0.2) is 9.59 Å². The van der Waals surface area contributed by atoms with Crippen LogP contribution in [-0.2, 0) is 15.9 Å². The van der Waals surface area contributed by atoms with Gasteiger partial charge in [0.2, 0.25) is 5.43 Å². The van der Waals surface area contributed by atoms with Crippen LogP contribution in [0.25, 0.3) is 21.3 Å². The summed E-state index contributed by atoms with van der Waals surface area (Å²) in [4.78, 5) is 43.3. The number of aryl methyl sites for hydroxylation is 1. The number of nitrogens with one attached hydrogen (secondary N) is 2. The minimum atomic E-state index is -0.673. The number of benzene rings is 1. The van der Waals surface area contributed by atoms with E-state index in [0.717, 1.165) is 53.7 Å². The largest absolute Gasteiger partial charge is 0.494 e. The van der Waals surface area contributed by atoms with Crippen LogP contribution in [0.15, 0.2) is 23.1 Å². The van der Waals surface area contributed by atoms with Gasteiger partial charge >= 0.3 is 12.1 Å². The van der Waals surface area contributed by atoms with Crippen LogP contribution in [0.3, 0.4) is 0 Å². The van der Waals surface area contributed by atoms with Crippen molar-refractivity contribution < 1.29 is 23.8 Å². The van der Waals surface area contributed by atoms with E-state index in [4.69, 9.17) is 14.2 Å². The van der Waals surface area contributed by atoms with Gasteiger partial charge in [-0.05, 0) is 82.1 Å². The molecular formula is C28H32N2O6S. The van der Waals surface area contributed by atoms with Crippen LogP contribution in [-0.4, -0.2) is 36.9 Å². The minimum Gasteiger partial charge on any atom is -0.494 e. The number of alkyl carbamates (subject to hydrolysis) is 1. The summed E-state index contributed by atoms with van der Waals surface area (Å²) in [6, 6.07) is 3.94. The lowest BCUT2D eigenvalue weighted by atomic mass is 9.92. The number of ether oxygens (including phenoxy) is 3. The van der Waals surface area contributed by atoms with Crippen molar-refractivity contribution in [2.75, 3.05) is 14.2 Å². The zero-order chi connectivity index (χ0) is 26.5. The first kappa shape index (κ1) is 25.3. The molecule has 1 fully saturated rings. The van der Waals surface area contributed by atoms with Crippen molar-refractivity contribution >= 4 is 34.3 Å². The number of rotatable bonds is 5. The van der Waals surface area contributed by atoms with Crippen LogP contribution in [0.4, 0.5) is 4.79 Å². The highest BCUT2D eigenvalue weighted by Crippen LogP contribution is 2.52. The number of H-pyrrole nitrogens is 1. The molecule has 1 amide bonds. The van der Waals surface area contributed by atoms with E-state index in [1.54, 1.807) is 18.4 Å². The SMILES string of the molecule is COC(=O)c1c[nH]c2c(OC)c(-c3cc4c(s3)CCCC4NC(=O)OC(C)(C)C)c(C3CC3)cc2c1=O. The predicted octanol–water partition coefficient (Wildman–Crippen LogP) is 5.83. The van der Waals surface area contributed by atoms with Crippen molar-refractivity contribution in [1.82, 2.24) is 10.3 Å². The van der Waals surface area contributed by atoms with Crippen LogP contribution in [0.1, 0.15) is 84.8 Å². The number of fused-ring (bicyclic) bond motifs is 2. The zero-order valence-corrected chi connectivity index (χ0v) is 22.6. The van der Waals surface area contributed by atoms with E-state index in [1.165, 1.54) is 18.2 Å². The molecule has 1 unspecified atom stereocenters. The number of amides is 1. The van der Waals surface area contributed by atoms with Crippen LogP contribution < -0.4 is 15.5 Å². The van der Waals surface area contributed by atoms with Gasteiger partial charge in [-0.1, -0.05) is 0 Å². The molecule has 5 rings (SSSR count). The average molecular weight is 525 g/mol. The standard InChI is InChI=1S/C28H32N2O6S/c1-28(2,3)36-27(33)30-19-7-6-8-20-16(19)12-21(37-20)22-15(14-9-10-14)11-17-23(25(22)34-4)29-13-18(24(17)31)26(32)35-5/h11-14,19H,6-10H2,1-5H3,(H,29,31)(H,30,33). The molecule has 3 aromatic rings. The second-order valence-electron chi connectivity index (χ2n) is 10.7. The maximum Gasteiger partial charge on any atom is 0.408 e. The van der Waals surface area contributed by atoms with Gasteiger partial charge in [-0.15, -0.1) is 11.3 Å². The number of thiophene rings is 1. The summed E-state index contributed by atoms with van der Waals surface area (Å²) in [7, 11) is 2.86. The maximum atomic E-state index is 13.2. The molecule has 37 heavy (non-hydrogen) atoms. The number of aromatic nitrogens is 1. The van der Waals surface area contributed by atoms with Gasteiger partial charge in [0.1, 0.15) is 11.2 Å². The van der Waals surface area contributed by atoms with Gasteiger partial charge < -0.3 is 24.5 Å². The predicted molar refractivity (Wildman–Crippen MR) is 143 cm³/mol. The molecule has 1 saturated carbocycles. The van der Waals surface area contributed by atoms with Crippen LogP contribution in [0, 0.1) is 0 Å². The minimum absolute atomic E-state index is 0.0332. The molecule has 0 radical (unpaired) electrons. The summed E-state index contributed by atoms with van der Waals surface area (Å²) < 4.78 is 16.2. The highest BCUT2D eigenvalue weighted by molar-refractivity contribution is 7.15. The molecule has 2 N–H and O–H groups in total. The summed E-state index contributed by atoms with van der Waals surface area (Å²) in [5, 5.41) is 3.47. The Balaban J connectivity index is 1.62. The Morgan fingerprint density at radius 1 is 1.11 bits per heavy atom. The maximum absolute atomic E-state index is 13.2. The summed E-state index contributed by atoms with van der Waals surface area (Å²) in [5.41, 5.74) is 2.70. The fourth-order valence-electron chi connectivity index (χ4n) is 5.07. The van der Waals surface area contributed by atoms with Crippen molar-refractivity contribution in [3.63, 3.8) is 0 Å². The summed E-state index contributed by atoms with van der Waals surface area (Å²) >= 11 is 1.71. The van der Waals surface area contributed by atoms with E-state index in [9.17, 15) is 14.4 Å². The molecule has 8 nitrogen and oxygen atoms in total. The number of carbonyl (C=O) groups excluding carboxylic acids is 2. The van der Waals surface area contributed by atoms with Gasteiger partial charge in [0, 0.05) is 21.5 Å². The summed E-state index contributed by atoms with van der Waals surface area (Å²) in [5.74, 6) is 0.237. The fraction of sp³-hybridized carbons (Fsp3) is 0.464. The first-order valence-electron chi connectivity index (χ1n) is 12.6. The molecule has 2 aromatic heterocycles. The van der Waals surface area contributed by atoms with E-state index in [0.29, 0.717) is 22.6 Å². The first-order chi connectivity index (χ1) is 17.6. The number of esters is 1. The number of hydrogen-bond donors (Lipinski definition) is 2. The van der Waals surface area contributed by atoms with E-state index < -0.39 is 17.7 Å². The van der Waals surface area contributed by atoms with Crippen molar-refractivity contribution in [1.29, 1.82) is 0 Å². The van der Waals surface area contributed by atoms with Crippen molar-refractivity contribution in [2.45, 2.75) is 70.4 Å². The van der Waals surface area contributed by atoms with E-state index in [-0.39, 0.29) is 17.0 Å². The monoisotopic (exact) mass is 524 g/mol. The Bertz CT molecular complexity index is 1440. The number of hydrogen-bond acceptors (Lipinski definition) is 7. The molecule has 1 aromatic carbocycles. The topological polar surface area (TPSA) is 107 Å². The lowest BCUT2D eigenvalue weighted by Gasteiger charge is -2.26. The second-order valence-corrected chi connectivity index (χ2v) is 11.8. The van der Waals surface area contributed by atoms with Crippen LogP contribution in [0.5, 0.6) is 5.75 Å². The molecule has 0 aliphatic heterocycles. The second kappa shape index (κ2) is 9.52. The molecule has 1 atom stereocenters.